The quantitative estimate of drug-likeness (QED) is 0.847. The van der Waals surface area contributed by atoms with E-state index in [4.69, 9.17) is 5.73 Å². The Labute approximate surface area is 142 Å². The van der Waals surface area contributed by atoms with Crippen LogP contribution in [-0.4, -0.2) is 51.4 Å². The summed E-state index contributed by atoms with van der Waals surface area (Å²) in [6.07, 6.45) is 4.31. The predicted octanol–water partition coefficient (Wildman–Crippen LogP) is 0.729. The standard InChI is InChI=1S/C17H25N5O2/c1-9(2)20-16(23)14-6-12(18)8-22(14)17(24)13-7-19-15(11-4-5-11)21-10(13)3/h7,9,11-12,14H,4-6,8,18H2,1-3H3,(H,20,23)/t12-,14-/m0/s1. The summed E-state index contributed by atoms with van der Waals surface area (Å²) in [5, 5.41) is 2.87. The molecule has 2 aliphatic rings. The first kappa shape index (κ1) is 16.8. The largest absolute Gasteiger partial charge is 0.352 e. The van der Waals surface area contributed by atoms with Gasteiger partial charge in [0.25, 0.3) is 5.91 Å². The SMILES string of the molecule is Cc1nc(C2CC2)ncc1C(=O)N1C[C@@H](N)C[C@H]1C(=O)NC(C)C. The van der Waals surface area contributed by atoms with Crippen molar-refractivity contribution in [3.05, 3.63) is 23.3 Å². The first-order valence-electron chi connectivity index (χ1n) is 8.57. The van der Waals surface area contributed by atoms with Crippen LogP contribution in [0.25, 0.3) is 0 Å². The average molecular weight is 331 g/mol. The van der Waals surface area contributed by atoms with Gasteiger partial charge in [0.15, 0.2) is 0 Å². The molecule has 1 saturated heterocycles. The van der Waals surface area contributed by atoms with Crippen LogP contribution in [0.1, 0.15) is 60.9 Å². The van der Waals surface area contributed by atoms with E-state index in [-0.39, 0.29) is 23.9 Å². The molecule has 2 fully saturated rings. The summed E-state index contributed by atoms with van der Waals surface area (Å²) >= 11 is 0. The summed E-state index contributed by atoms with van der Waals surface area (Å²) in [6, 6.07) is -0.699. The molecule has 24 heavy (non-hydrogen) atoms. The zero-order valence-electron chi connectivity index (χ0n) is 14.5. The van der Waals surface area contributed by atoms with Crippen LogP contribution in [0.15, 0.2) is 6.20 Å². The van der Waals surface area contributed by atoms with E-state index in [1.54, 1.807) is 11.1 Å². The Morgan fingerprint density at radius 3 is 2.67 bits per heavy atom. The Kier molecular flexibility index (Phi) is 4.54. The normalized spacial score (nSPS) is 23.6. The zero-order valence-corrected chi connectivity index (χ0v) is 14.5. The number of nitrogens with one attached hydrogen (secondary N) is 1. The zero-order chi connectivity index (χ0) is 17.4. The molecule has 0 unspecified atom stereocenters. The molecule has 1 aliphatic heterocycles. The van der Waals surface area contributed by atoms with Crippen LogP contribution < -0.4 is 11.1 Å². The van der Waals surface area contributed by atoms with Crippen LogP contribution >= 0.6 is 0 Å². The smallest absolute Gasteiger partial charge is 0.258 e. The number of hydrogen-bond donors (Lipinski definition) is 2. The number of nitrogens with zero attached hydrogens (tertiary/aromatic N) is 3. The van der Waals surface area contributed by atoms with Gasteiger partial charge >= 0.3 is 0 Å². The molecular formula is C17H25N5O2. The predicted molar refractivity (Wildman–Crippen MR) is 89.4 cm³/mol. The highest BCUT2D eigenvalue weighted by molar-refractivity contribution is 5.98. The maximum Gasteiger partial charge on any atom is 0.258 e. The molecule has 0 bridgehead atoms. The number of carbonyl (C=O) groups is 2. The molecule has 7 heteroatoms. The first-order chi connectivity index (χ1) is 11.4. The Balaban J connectivity index is 1.80. The molecule has 130 valence electrons. The Morgan fingerprint density at radius 2 is 2.08 bits per heavy atom. The molecule has 2 amide bonds. The van der Waals surface area contributed by atoms with Crippen LogP contribution in [0, 0.1) is 6.92 Å². The summed E-state index contributed by atoms with van der Waals surface area (Å²) in [5.41, 5.74) is 7.13. The van der Waals surface area contributed by atoms with Gasteiger partial charge in [0, 0.05) is 30.7 Å². The van der Waals surface area contributed by atoms with Gasteiger partial charge in [0.1, 0.15) is 11.9 Å². The second-order valence-corrected chi connectivity index (χ2v) is 7.13. The number of aryl methyl sites for hydroxylation is 1. The van der Waals surface area contributed by atoms with Crippen molar-refractivity contribution in [2.45, 2.75) is 64.1 Å². The summed E-state index contributed by atoms with van der Waals surface area (Å²) in [6.45, 7) is 5.99. The van der Waals surface area contributed by atoms with Crippen molar-refractivity contribution in [2.75, 3.05) is 6.54 Å². The van der Waals surface area contributed by atoms with E-state index >= 15 is 0 Å². The molecule has 1 aromatic heterocycles. The van der Waals surface area contributed by atoms with Gasteiger partial charge in [-0.25, -0.2) is 9.97 Å². The third-order valence-corrected chi connectivity index (χ3v) is 4.50. The topological polar surface area (TPSA) is 101 Å². The maximum atomic E-state index is 12.9. The monoisotopic (exact) mass is 331 g/mol. The van der Waals surface area contributed by atoms with Crippen molar-refractivity contribution in [3.63, 3.8) is 0 Å². The fourth-order valence-electron chi connectivity index (χ4n) is 3.11. The molecular weight excluding hydrogens is 306 g/mol. The molecule has 7 nitrogen and oxygen atoms in total. The maximum absolute atomic E-state index is 12.9. The third-order valence-electron chi connectivity index (χ3n) is 4.50. The van der Waals surface area contributed by atoms with E-state index in [0.29, 0.717) is 30.1 Å². The fourth-order valence-corrected chi connectivity index (χ4v) is 3.11. The van der Waals surface area contributed by atoms with Crippen molar-refractivity contribution < 1.29 is 9.59 Å². The van der Waals surface area contributed by atoms with Crippen LogP contribution in [0.3, 0.4) is 0 Å². The van der Waals surface area contributed by atoms with E-state index in [1.165, 1.54) is 0 Å². The Bertz CT molecular complexity index is 656. The molecule has 3 N–H and O–H groups in total. The molecule has 1 saturated carbocycles. The minimum Gasteiger partial charge on any atom is -0.352 e. The fraction of sp³-hybridized carbons (Fsp3) is 0.647. The van der Waals surface area contributed by atoms with Crippen LogP contribution in [0.2, 0.25) is 0 Å². The van der Waals surface area contributed by atoms with Crippen LogP contribution in [0.5, 0.6) is 0 Å². The van der Waals surface area contributed by atoms with E-state index in [0.717, 1.165) is 18.7 Å². The number of amides is 2. The lowest BCUT2D eigenvalue weighted by molar-refractivity contribution is -0.125. The first-order valence-corrected chi connectivity index (χ1v) is 8.57. The summed E-state index contributed by atoms with van der Waals surface area (Å²) in [4.78, 5) is 35.7. The summed E-state index contributed by atoms with van der Waals surface area (Å²) in [5.74, 6) is 0.889. The highest BCUT2D eigenvalue weighted by Crippen LogP contribution is 2.38. The number of rotatable bonds is 4. The lowest BCUT2D eigenvalue weighted by Gasteiger charge is -2.25. The van der Waals surface area contributed by atoms with Gasteiger partial charge < -0.3 is 16.0 Å². The highest BCUT2D eigenvalue weighted by atomic mass is 16.2. The Hall–Kier alpha value is -2.02. The minimum atomic E-state index is -0.530. The lowest BCUT2D eigenvalue weighted by Crippen LogP contribution is -2.47. The molecule has 0 radical (unpaired) electrons. The van der Waals surface area contributed by atoms with Gasteiger partial charge in [-0.05, 0) is 40.0 Å². The second kappa shape index (κ2) is 6.47. The van der Waals surface area contributed by atoms with Gasteiger partial charge in [-0.15, -0.1) is 0 Å². The molecule has 3 rings (SSSR count). The number of carbonyl (C=O) groups excluding carboxylic acids is 2. The van der Waals surface area contributed by atoms with E-state index in [9.17, 15) is 9.59 Å². The van der Waals surface area contributed by atoms with Gasteiger partial charge in [0.2, 0.25) is 5.91 Å². The average Bonchev–Trinajstić information content (AvgIpc) is 3.28. The van der Waals surface area contributed by atoms with Gasteiger partial charge in [-0.2, -0.15) is 0 Å². The molecule has 0 spiro atoms. The van der Waals surface area contributed by atoms with Gasteiger partial charge in [-0.3, -0.25) is 9.59 Å². The van der Waals surface area contributed by atoms with Crippen molar-refractivity contribution in [1.82, 2.24) is 20.2 Å². The number of aromatic nitrogens is 2. The second-order valence-electron chi connectivity index (χ2n) is 7.13. The van der Waals surface area contributed by atoms with Crippen molar-refractivity contribution >= 4 is 11.8 Å². The van der Waals surface area contributed by atoms with Crippen LogP contribution in [-0.2, 0) is 4.79 Å². The molecule has 2 heterocycles. The molecule has 0 aromatic carbocycles. The molecule has 2 atom stereocenters. The van der Waals surface area contributed by atoms with Crippen molar-refractivity contribution in [1.29, 1.82) is 0 Å². The van der Waals surface area contributed by atoms with E-state index in [1.807, 2.05) is 20.8 Å². The van der Waals surface area contributed by atoms with E-state index < -0.39 is 6.04 Å². The third kappa shape index (κ3) is 3.40. The number of nitrogens with two attached hydrogens (primary N) is 1. The van der Waals surface area contributed by atoms with Crippen molar-refractivity contribution in [2.24, 2.45) is 5.73 Å². The van der Waals surface area contributed by atoms with Crippen LogP contribution in [0.4, 0.5) is 0 Å². The van der Waals surface area contributed by atoms with Crippen molar-refractivity contribution in [3.8, 4) is 0 Å². The van der Waals surface area contributed by atoms with Gasteiger partial charge in [-0.1, -0.05) is 0 Å². The number of hydrogen-bond acceptors (Lipinski definition) is 5. The lowest BCUT2D eigenvalue weighted by atomic mass is 10.1. The Morgan fingerprint density at radius 1 is 1.38 bits per heavy atom. The highest BCUT2D eigenvalue weighted by Gasteiger charge is 2.39. The summed E-state index contributed by atoms with van der Waals surface area (Å²) < 4.78 is 0. The minimum absolute atomic E-state index is 0.0224. The molecule has 1 aliphatic carbocycles. The summed E-state index contributed by atoms with van der Waals surface area (Å²) in [7, 11) is 0. The molecule has 1 aromatic rings. The van der Waals surface area contributed by atoms with Gasteiger partial charge in [0.05, 0.1) is 11.3 Å². The number of likely N-dealkylation sites (tertiary alicyclic amines) is 1. The van der Waals surface area contributed by atoms with E-state index in [2.05, 4.69) is 15.3 Å².